The van der Waals surface area contributed by atoms with Gasteiger partial charge in [-0.3, -0.25) is 4.79 Å². The maximum Gasteiger partial charge on any atom is 0.242 e. The van der Waals surface area contributed by atoms with E-state index in [1.807, 2.05) is 4.90 Å². The molecule has 0 spiro atoms. The van der Waals surface area contributed by atoms with Gasteiger partial charge in [0.05, 0.1) is 5.54 Å². The molecule has 2 N–H and O–H groups in total. The van der Waals surface area contributed by atoms with E-state index in [4.69, 9.17) is 5.73 Å². The van der Waals surface area contributed by atoms with Crippen LogP contribution in [0, 0.1) is 11.8 Å². The molecule has 1 saturated carbocycles. The molecule has 1 aliphatic carbocycles. The first kappa shape index (κ1) is 13.8. The SMILES string of the molecule is CC(C)CC1CCN(C(=O)C2(N)CC2)C1.Cl. The zero-order valence-corrected chi connectivity index (χ0v) is 11.1. The predicted molar refractivity (Wildman–Crippen MR) is 67.5 cm³/mol. The summed E-state index contributed by atoms with van der Waals surface area (Å²) < 4.78 is 0. The fraction of sp³-hybridized carbons (Fsp3) is 0.917. The Morgan fingerprint density at radius 2 is 2.12 bits per heavy atom. The Balaban J connectivity index is 0.00000128. The molecule has 0 aromatic rings. The number of nitrogens with zero attached hydrogens (tertiary/aromatic N) is 1. The van der Waals surface area contributed by atoms with Crippen molar-refractivity contribution < 1.29 is 4.79 Å². The van der Waals surface area contributed by atoms with Gasteiger partial charge in [-0.2, -0.15) is 0 Å². The van der Waals surface area contributed by atoms with E-state index in [0.29, 0.717) is 5.92 Å². The number of carbonyl (C=O) groups excluding carboxylic acids is 1. The fourth-order valence-corrected chi connectivity index (χ4v) is 2.54. The summed E-state index contributed by atoms with van der Waals surface area (Å²) in [5.41, 5.74) is 5.46. The maximum atomic E-state index is 12.0. The van der Waals surface area contributed by atoms with E-state index in [2.05, 4.69) is 13.8 Å². The molecule has 0 radical (unpaired) electrons. The van der Waals surface area contributed by atoms with Gasteiger partial charge >= 0.3 is 0 Å². The number of carbonyl (C=O) groups is 1. The highest BCUT2D eigenvalue weighted by Crippen LogP contribution is 2.36. The molecule has 2 rings (SSSR count). The van der Waals surface area contributed by atoms with Crippen molar-refractivity contribution in [3.63, 3.8) is 0 Å². The van der Waals surface area contributed by atoms with Crippen molar-refractivity contribution in [2.45, 2.75) is 45.1 Å². The number of hydrogen-bond donors (Lipinski definition) is 1. The van der Waals surface area contributed by atoms with Crippen LogP contribution in [-0.2, 0) is 4.79 Å². The largest absolute Gasteiger partial charge is 0.341 e. The predicted octanol–water partition coefficient (Wildman–Crippen LogP) is 1.79. The van der Waals surface area contributed by atoms with Gasteiger partial charge in [0, 0.05) is 13.1 Å². The van der Waals surface area contributed by atoms with E-state index in [0.717, 1.165) is 31.8 Å². The number of amides is 1. The Hall–Kier alpha value is -0.280. The molecule has 4 heteroatoms. The minimum Gasteiger partial charge on any atom is -0.341 e. The van der Waals surface area contributed by atoms with Crippen LogP contribution in [0.15, 0.2) is 0 Å². The Morgan fingerprint density at radius 1 is 1.50 bits per heavy atom. The highest BCUT2D eigenvalue weighted by Gasteiger charge is 2.49. The molecule has 1 heterocycles. The first-order valence-electron chi connectivity index (χ1n) is 6.09. The van der Waals surface area contributed by atoms with Gasteiger partial charge in [-0.1, -0.05) is 13.8 Å². The van der Waals surface area contributed by atoms with E-state index in [1.165, 1.54) is 12.8 Å². The van der Waals surface area contributed by atoms with Crippen molar-refractivity contribution in [2.24, 2.45) is 17.6 Å². The Morgan fingerprint density at radius 3 is 2.62 bits per heavy atom. The van der Waals surface area contributed by atoms with Gasteiger partial charge in [0.1, 0.15) is 0 Å². The molecular weight excluding hydrogens is 224 g/mol. The molecule has 2 fully saturated rings. The van der Waals surface area contributed by atoms with Crippen molar-refractivity contribution in [3.05, 3.63) is 0 Å². The maximum absolute atomic E-state index is 12.0. The highest BCUT2D eigenvalue weighted by atomic mass is 35.5. The first-order chi connectivity index (χ1) is 7.01. The van der Waals surface area contributed by atoms with Gasteiger partial charge in [-0.25, -0.2) is 0 Å². The van der Waals surface area contributed by atoms with E-state index in [9.17, 15) is 4.79 Å². The molecule has 1 atom stereocenters. The van der Waals surface area contributed by atoms with E-state index < -0.39 is 5.54 Å². The molecule has 0 aromatic carbocycles. The topological polar surface area (TPSA) is 46.3 Å². The number of likely N-dealkylation sites (tertiary alicyclic amines) is 1. The van der Waals surface area contributed by atoms with E-state index >= 15 is 0 Å². The molecule has 1 unspecified atom stereocenters. The third-order valence-corrected chi connectivity index (χ3v) is 3.59. The quantitative estimate of drug-likeness (QED) is 0.826. The van der Waals surface area contributed by atoms with Crippen LogP contribution < -0.4 is 5.73 Å². The van der Waals surface area contributed by atoms with Gasteiger partial charge in [0.15, 0.2) is 0 Å². The molecular formula is C12H23ClN2O. The third kappa shape index (κ3) is 2.89. The monoisotopic (exact) mass is 246 g/mol. The minimum atomic E-state index is -0.466. The average molecular weight is 247 g/mol. The molecule has 0 aromatic heterocycles. The standard InChI is InChI=1S/C12H22N2O.ClH/c1-9(2)7-10-3-6-14(8-10)11(15)12(13)4-5-12;/h9-10H,3-8,13H2,1-2H3;1H. The summed E-state index contributed by atoms with van der Waals surface area (Å²) in [6.45, 7) is 6.36. The molecule has 1 aliphatic heterocycles. The second kappa shape index (κ2) is 4.92. The van der Waals surface area contributed by atoms with Crippen LogP contribution in [0.25, 0.3) is 0 Å². The van der Waals surface area contributed by atoms with Crippen molar-refractivity contribution >= 4 is 18.3 Å². The Labute approximate surface area is 104 Å². The molecule has 1 saturated heterocycles. The fourth-order valence-electron chi connectivity index (χ4n) is 2.54. The summed E-state index contributed by atoms with van der Waals surface area (Å²) in [5, 5.41) is 0. The number of halogens is 1. The zero-order valence-electron chi connectivity index (χ0n) is 10.2. The zero-order chi connectivity index (χ0) is 11.1. The third-order valence-electron chi connectivity index (χ3n) is 3.59. The summed E-state index contributed by atoms with van der Waals surface area (Å²) in [7, 11) is 0. The second-order valence-electron chi connectivity index (χ2n) is 5.69. The van der Waals surface area contributed by atoms with Gasteiger partial charge in [0.25, 0.3) is 0 Å². The van der Waals surface area contributed by atoms with Crippen LogP contribution in [0.2, 0.25) is 0 Å². The van der Waals surface area contributed by atoms with Crippen molar-refractivity contribution in [2.75, 3.05) is 13.1 Å². The summed E-state index contributed by atoms with van der Waals surface area (Å²) in [4.78, 5) is 13.9. The molecule has 3 nitrogen and oxygen atoms in total. The summed E-state index contributed by atoms with van der Waals surface area (Å²) >= 11 is 0. The Bertz CT molecular complexity index is 264. The summed E-state index contributed by atoms with van der Waals surface area (Å²) in [6.07, 6.45) is 4.18. The van der Waals surface area contributed by atoms with Crippen LogP contribution in [0.1, 0.15) is 39.5 Å². The number of nitrogens with two attached hydrogens (primary N) is 1. The lowest BCUT2D eigenvalue weighted by molar-refractivity contribution is -0.132. The lowest BCUT2D eigenvalue weighted by atomic mass is 9.97. The van der Waals surface area contributed by atoms with Gasteiger partial charge < -0.3 is 10.6 Å². The highest BCUT2D eigenvalue weighted by molar-refractivity contribution is 5.89. The molecule has 0 bridgehead atoms. The summed E-state index contributed by atoms with van der Waals surface area (Å²) in [5.74, 6) is 1.64. The smallest absolute Gasteiger partial charge is 0.242 e. The van der Waals surface area contributed by atoms with Crippen molar-refractivity contribution in [1.82, 2.24) is 4.90 Å². The summed E-state index contributed by atoms with van der Waals surface area (Å²) in [6, 6.07) is 0. The van der Waals surface area contributed by atoms with Crippen molar-refractivity contribution in [3.8, 4) is 0 Å². The number of rotatable bonds is 3. The number of hydrogen-bond acceptors (Lipinski definition) is 2. The average Bonchev–Trinajstić information content (AvgIpc) is 2.75. The lowest BCUT2D eigenvalue weighted by Crippen LogP contribution is -2.44. The second-order valence-corrected chi connectivity index (χ2v) is 5.69. The molecule has 1 amide bonds. The van der Waals surface area contributed by atoms with Crippen LogP contribution in [0.3, 0.4) is 0 Å². The van der Waals surface area contributed by atoms with Crippen LogP contribution in [0.4, 0.5) is 0 Å². The normalized spacial score (nSPS) is 26.8. The van der Waals surface area contributed by atoms with Crippen molar-refractivity contribution in [1.29, 1.82) is 0 Å². The van der Waals surface area contributed by atoms with Crippen LogP contribution in [0.5, 0.6) is 0 Å². The van der Waals surface area contributed by atoms with Gasteiger partial charge in [-0.05, 0) is 37.5 Å². The van der Waals surface area contributed by atoms with E-state index in [1.54, 1.807) is 0 Å². The lowest BCUT2D eigenvalue weighted by Gasteiger charge is -2.20. The van der Waals surface area contributed by atoms with Crippen LogP contribution in [-0.4, -0.2) is 29.4 Å². The van der Waals surface area contributed by atoms with Gasteiger partial charge in [0.2, 0.25) is 5.91 Å². The molecule has 2 aliphatic rings. The first-order valence-corrected chi connectivity index (χ1v) is 6.09. The molecule has 94 valence electrons. The molecule has 16 heavy (non-hydrogen) atoms. The Kier molecular flexibility index (Phi) is 4.24. The van der Waals surface area contributed by atoms with Gasteiger partial charge in [-0.15, -0.1) is 12.4 Å². The minimum absolute atomic E-state index is 0. The van der Waals surface area contributed by atoms with Crippen LogP contribution >= 0.6 is 12.4 Å². The van der Waals surface area contributed by atoms with E-state index in [-0.39, 0.29) is 18.3 Å².